The first-order valence-electron chi connectivity index (χ1n) is 2.66. The molecular formula is C5H3N4O. The second-order valence-corrected chi connectivity index (χ2v) is 1.64. The average molecular weight is 135 g/mol. The lowest BCUT2D eigenvalue weighted by Crippen LogP contribution is -1.78. The first-order chi connectivity index (χ1) is 4.97. The number of imidazole rings is 1. The molecule has 2 aromatic heterocycles. The van der Waals surface area contributed by atoms with E-state index in [4.69, 9.17) is 4.42 Å². The largest absolute Gasteiger partial charge is 0.409 e. The van der Waals surface area contributed by atoms with Gasteiger partial charge in [0, 0.05) is 12.4 Å². The van der Waals surface area contributed by atoms with Crippen molar-refractivity contribution >= 4 is 0 Å². The Balaban J connectivity index is 2.48. The fourth-order valence-corrected chi connectivity index (χ4v) is 0.628. The van der Waals surface area contributed by atoms with Crippen LogP contribution < -0.4 is 0 Å². The summed E-state index contributed by atoms with van der Waals surface area (Å²) in [5, 5.41) is 6.97. The van der Waals surface area contributed by atoms with Crippen molar-refractivity contribution < 1.29 is 4.42 Å². The summed E-state index contributed by atoms with van der Waals surface area (Å²) in [4.78, 5) is 6.70. The zero-order chi connectivity index (χ0) is 6.81. The van der Waals surface area contributed by atoms with Crippen LogP contribution in [0.3, 0.4) is 0 Å². The number of aromatic amines is 1. The Morgan fingerprint density at radius 3 is 3.20 bits per heavy atom. The summed E-state index contributed by atoms with van der Waals surface area (Å²) in [7, 11) is 0. The molecule has 0 unspecified atom stereocenters. The van der Waals surface area contributed by atoms with Gasteiger partial charge in [0.1, 0.15) is 0 Å². The molecule has 0 spiro atoms. The predicted molar refractivity (Wildman–Crippen MR) is 30.7 cm³/mol. The summed E-state index contributed by atoms with van der Waals surface area (Å²) >= 11 is 0. The fourth-order valence-electron chi connectivity index (χ4n) is 0.628. The average Bonchev–Trinajstić information content (AvgIpc) is 2.59. The van der Waals surface area contributed by atoms with Crippen LogP contribution >= 0.6 is 0 Å². The van der Waals surface area contributed by atoms with E-state index in [1.807, 2.05) is 0 Å². The van der Waals surface area contributed by atoms with E-state index in [0.29, 0.717) is 11.7 Å². The van der Waals surface area contributed by atoms with Gasteiger partial charge in [-0.2, -0.15) is 0 Å². The Labute approximate surface area is 56.1 Å². The number of hydrogen-bond donors (Lipinski definition) is 1. The monoisotopic (exact) mass is 135 g/mol. The van der Waals surface area contributed by atoms with Crippen molar-refractivity contribution in [3.63, 3.8) is 0 Å². The van der Waals surface area contributed by atoms with Crippen molar-refractivity contribution in [3.05, 3.63) is 18.8 Å². The second-order valence-electron chi connectivity index (χ2n) is 1.64. The van der Waals surface area contributed by atoms with Gasteiger partial charge in [-0.1, -0.05) is 0 Å². The third kappa shape index (κ3) is 0.680. The minimum Gasteiger partial charge on any atom is -0.409 e. The van der Waals surface area contributed by atoms with E-state index in [0.717, 1.165) is 0 Å². The van der Waals surface area contributed by atoms with E-state index in [1.54, 1.807) is 12.4 Å². The summed E-state index contributed by atoms with van der Waals surface area (Å²) < 4.78 is 4.74. The molecule has 49 valence electrons. The molecule has 0 aromatic carbocycles. The van der Waals surface area contributed by atoms with Gasteiger partial charge in [-0.25, -0.2) is 4.98 Å². The summed E-state index contributed by atoms with van der Waals surface area (Å²) in [6, 6.07) is 0. The number of H-pyrrole nitrogens is 1. The van der Waals surface area contributed by atoms with Crippen LogP contribution in [0.2, 0.25) is 0 Å². The van der Waals surface area contributed by atoms with Crippen molar-refractivity contribution in [2.45, 2.75) is 0 Å². The van der Waals surface area contributed by atoms with Crippen molar-refractivity contribution in [3.8, 4) is 11.7 Å². The van der Waals surface area contributed by atoms with Crippen LogP contribution in [0.5, 0.6) is 0 Å². The Bertz CT molecular complexity index is 253. The number of nitrogens with one attached hydrogen (secondary N) is 1. The maximum absolute atomic E-state index is 4.74. The Morgan fingerprint density at radius 2 is 2.60 bits per heavy atom. The van der Waals surface area contributed by atoms with Gasteiger partial charge in [-0.05, 0) is 0 Å². The van der Waals surface area contributed by atoms with E-state index in [2.05, 4.69) is 26.6 Å². The van der Waals surface area contributed by atoms with Gasteiger partial charge in [-0.15, -0.1) is 10.2 Å². The summed E-state index contributed by atoms with van der Waals surface area (Å²) in [5.74, 6) is 0.916. The smallest absolute Gasteiger partial charge is 0.306 e. The highest BCUT2D eigenvalue weighted by Crippen LogP contribution is 2.07. The molecule has 1 radical (unpaired) electrons. The number of nitrogens with zero attached hydrogens (tertiary/aromatic N) is 3. The van der Waals surface area contributed by atoms with Crippen LogP contribution in [0, 0.1) is 6.39 Å². The first-order valence-corrected chi connectivity index (χ1v) is 2.66. The molecule has 10 heavy (non-hydrogen) atoms. The highest BCUT2D eigenvalue weighted by Gasteiger charge is 2.03. The van der Waals surface area contributed by atoms with Crippen LogP contribution in [0.25, 0.3) is 11.7 Å². The molecule has 0 saturated carbocycles. The van der Waals surface area contributed by atoms with Gasteiger partial charge in [0.25, 0.3) is 5.89 Å². The summed E-state index contributed by atoms with van der Waals surface area (Å²) in [5.41, 5.74) is 0. The highest BCUT2D eigenvalue weighted by atomic mass is 16.4. The summed E-state index contributed by atoms with van der Waals surface area (Å²) in [6.45, 7) is 0. The molecule has 0 saturated heterocycles. The molecular weight excluding hydrogens is 132 g/mol. The van der Waals surface area contributed by atoms with E-state index in [9.17, 15) is 0 Å². The lowest BCUT2D eigenvalue weighted by molar-refractivity contribution is 0.555. The Hall–Kier alpha value is -1.65. The fraction of sp³-hybridized carbons (Fsp3) is 0. The molecule has 0 fully saturated rings. The molecule has 0 atom stereocenters. The topological polar surface area (TPSA) is 67.6 Å². The van der Waals surface area contributed by atoms with Crippen molar-refractivity contribution in [1.29, 1.82) is 0 Å². The number of hydrogen-bond acceptors (Lipinski definition) is 4. The maximum atomic E-state index is 4.74. The molecule has 0 bridgehead atoms. The number of aromatic nitrogens is 4. The molecule has 2 aromatic rings. The molecule has 5 nitrogen and oxygen atoms in total. The van der Waals surface area contributed by atoms with Crippen LogP contribution in [0.4, 0.5) is 0 Å². The van der Waals surface area contributed by atoms with Crippen LogP contribution in [-0.4, -0.2) is 20.2 Å². The Kier molecular flexibility index (Phi) is 1.00. The number of rotatable bonds is 1. The summed E-state index contributed by atoms with van der Waals surface area (Å²) in [6.07, 6.45) is 5.51. The SMILES string of the molecule is [c]1nnc(-c2ncc[nH]2)o1. The van der Waals surface area contributed by atoms with Crippen molar-refractivity contribution in [1.82, 2.24) is 20.2 Å². The third-order valence-electron chi connectivity index (χ3n) is 1.02. The molecule has 5 heteroatoms. The zero-order valence-corrected chi connectivity index (χ0v) is 4.90. The van der Waals surface area contributed by atoms with Gasteiger partial charge < -0.3 is 9.40 Å². The molecule has 2 heterocycles. The van der Waals surface area contributed by atoms with E-state index < -0.39 is 0 Å². The van der Waals surface area contributed by atoms with E-state index in [-0.39, 0.29) is 0 Å². The highest BCUT2D eigenvalue weighted by molar-refractivity contribution is 5.37. The van der Waals surface area contributed by atoms with Gasteiger partial charge in [-0.3, -0.25) is 0 Å². The predicted octanol–water partition coefficient (Wildman–Crippen LogP) is 0.260. The normalized spacial score (nSPS) is 10.0. The minimum absolute atomic E-state index is 0.352. The standard InChI is InChI=1S/C5H3N4O/c1-2-7-4(6-1)5-9-8-3-10-5/h1-2H,(H,6,7). The van der Waals surface area contributed by atoms with Gasteiger partial charge in [0.15, 0.2) is 5.82 Å². The molecule has 0 amide bonds. The van der Waals surface area contributed by atoms with Crippen molar-refractivity contribution in [2.75, 3.05) is 0 Å². The van der Waals surface area contributed by atoms with Gasteiger partial charge in [0.05, 0.1) is 0 Å². The van der Waals surface area contributed by atoms with Gasteiger partial charge >= 0.3 is 6.39 Å². The molecule has 0 aliphatic heterocycles. The molecule has 1 N–H and O–H groups in total. The third-order valence-corrected chi connectivity index (χ3v) is 1.02. The molecule has 2 rings (SSSR count). The van der Waals surface area contributed by atoms with Crippen LogP contribution in [-0.2, 0) is 0 Å². The van der Waals surface area contributed by atoms with E-state index in [1.165, 1.54) is 0 Å². The minimum atomic E-state index is 0.352. The van der Waals surface area contributed by atoms with E-state index >= 15 is 0 Å². The lowest BCUT2D eigenvalue weighted by Gasteiger charge is -1.81. The molecule has 0 aliphatic carbocycles. The maximum Gasteiger partial charge on any atom is 0.306 e. The quantitative estimate of drug-likeness (QED) is 0.609. The zero-order valence-electron chi connectivity index (χ0n) is 4.90. The van der Waals surface area contributed by atoms with Crippen LogP contribution in [0.1, 0.15) is 0 Å². The lowest BCUT2D eigenvalue weighted by atomic mass is 10.6. The van der Waals surface area contributed by atoms with Crippen molar-refractivity contribution in [2.24, 2.45) is 0 Å². The Morgan fingerprint density at radius 1 is 1.60 bits per heavy atom. The van der Waals surface area contributed by atoms with Gasteiger partial charge in [0.2, 0.25) is 0 Å². The second kappa shape index (κ2) is 1.94. The molecule has 0 aliphatic rings. The first kappa shape index (κ1) is 5.16. The van der Waals surface area contributed by atoms with Crippen LogP contribution in [0.15, 0.2) is 16.8 Å².